The highest BCUT2D eigenvalue weighted by Crippen LogP contribution is 2.41. The molecule has 1 aliphatic rings. The predicted octanol–water partition coefficient (Wildman–Crippen LogP) is 4.57. The first-order valence-corrected chi connectivity index (χ1v) is 10.0. The Morgan fingerprint density at radius 1 is 1.30 bits per heavy atom. The van der Waals surface area contributed by atoms with Crippen LogP contribution in [-0.2, 0) is 16.1 Å². The number of fused-ring (bicyclic) bond motifs is 2. The second-order valence-corrected chi connectivity index (χ2v) is 8.65. The third-order valence-corrected chi connectivity index (χ3v) is 6.71. The van der Waals surface area contributed by atoms with E-state index >= 15 is 0 Å². The maximum atomic E-state index is 14.2. The zero-order chi connectivity index (χ0) is 19.1. The number of halogens is 2. The SMILES string of the molecule is O=C(O)CC1Sc2ccccc2N(Cc2nc3ccc(Cl)c(F)c3s2)C1=O. The Hall–Kier alpha value is -2.16. The van der Waals surface area contributed by atoms with Gasteiger partial charge in [-0.05, 0) is 24.3 Å². The number of carbonyl (C=O) groups excluding carboxylic acids is 1. The van der Waals surface area contributed by atoms with Crippen LogP contribution in [0.5, 0.6) is 0 Å². The Morgan fingerprint density at radius 2 is 2.07 bits per heavy atom. The van der Waals surface area contributed by atoms with Crippen LogP contribution in [-0.4, -0.2) is 27.2 Å². The number of carboxylic acids is 1. The molecule has 5 nitrogen and oxygen atoms in total. The van der Waals surface area contributed by atoms with Gasteiger partial charge in [-0.3, -0.25) is 9.59 Å². The molecule has 0 radical (unpaired) electrons. The Morgan fingerprint density at radius 3 is 2.85 bits per heavy atom. The minimum absolute atomic E-state index is 0.0232. The average molecular weight is 423 g/mol. The van der Waals surface area contributed by atoms with Crippen LogP contribution in [0.1, 0.15) is 11.4 Å². The summed E-state index contributed by atoms with van der Waals surface area (Å²) >= 11 is 8.21. The van der Waals surface area contributed by atoms with Crippen molar-refractivity contribution in [1.29, 1.82) is 0 Å². The van der Waals surface area contributed by atoms with Crippen molar-refractivity contribution in [2.45, 2.75) is 23.1 Å². The third kappa shape index (κ3) is 3.40. The van der Waals surface area contributed by atoms with Gasteiger partial charge in [0.05, 0.1) is 39.1 Å². The Kier molecular flexibility index (Phi) is 4.79. The highest BCUT2D eigenvalue weighted by Gasteiger charge is 2.35. The average Bonchev–Trinajstić information content (AvgIpc) is 3.05. The lowest BCUT2D eigenvalue weighted by atomic mass is 10.2. The molecule has 2 heterocycles. The number of nitrogens with zero attached hydrogens (tertiary/aromatic N) is 2. The summed E-state index contributed by atoms with van der Waals surface area (Å²) < 4.78 is 14.5. The van der Waals surface area contributed by atoms with Gasteiger partial charge in [0.1, 0.15) is 5.01 Å². The van der Waals surface area contributed by atoms with E-state index in [0.29, 0.717) is 20.9 Å². The van der Waals surface area contributed by atoms with E-state index in [0.717, 1.165) is 16.2 Å². The molecular formula is C18H12ClFN2O3S2. The number of carboxylic acid groups (broad SMARTS) is 1. The summed E-state index contributed by atoms with van der Waals surface area (Å²) in [5.41, 5.74) is 1.18. The highest BCUT2D eigenvalue weighted by molar-refractivity contribution is 8.01. The lowest BCUT2D eigenvalue weighted by molar-refractivity contribution is -0.138. The summed E-state index contributed by atoms with van der Waals surface area (Å²) in [6.45, 7) is 0.142. The molecule has 1 aromatic heterocycles. The molecule has 9 heteroatoms. The van der Waals surface area contributed by atoms with Crippen molar-refractivity contribution in [1.82, 2.24) is 4.98 Å². The molecule has 138 valence electrons. The van der Waals surface area contributed by atoms with Crippen LogP contribution in [0.4, 0.5) is 10.1 Å². The summed E-state index contributed by atoms with van der Waals surface area (Å²) in [6, 6.07) is 10.4. The number of amides is 1. The van der Waals surface area contributed by atoms with E-state index in [1.54, 1.807) is 6.07 Å². The van der Waals surface area contributed by atoms with Crippen LogP contribution in [0, 0.1) is 5.82 Å². The van der Waals surface area contributed by atoms with Gasteiger partial charge in [-0.2, -0.15) is 0 Å². The van der Waals surface area contributed by atoms with Crippen molar-refractivity contribution in [3.05, 3.63) is 52.2 Å². The maximum absolute atomic E-state index is 14.2. The van der Waals surface area contributed by atoms with Gasteiger partial charge in [0.25, 0.3) is 0 Å². The van der Waals surface area contributed by atoms with Crippen molar-refractivity contribution < 1.29 is 19.1 Å². The van der Waals surface area contributed by atoms with E-state index in [9.17, 15) is 14.0 Å². The number of rotatable bonds is 4. The molecule has 0 fully saturated rings. The van der Waals surface area contributed by atoms with Crippen molar-refractivity contribution in [2.24, 2.45) is 0 Å². The molecule has 3 aromatic rings. The fourth-order valence-corrected chi connectivity index (χ4v) is 5.33. The zero-order valence-electron chi connectivity index (χ0n) is 13.7. The van der Waals surface area contributed by atoms with Gasteiger partial charge >= 0.3 is 5.97 Å². The summed E-state index contributed by atoms with van der Waals surface area (Å²) in [6.07, 6.45) is -0.265. The fourth-order valence-electron chi connectivity index (χ4n) is 2.91. The number of thioether (sulfide) groups is 1. The summed E-state index contributed by atoms with van der Waals surface area (Å²) in [5.74, 6) is -1.85. The molecule has 4 rings (SSSR count). The number of hydrogen-bond donors (Lipinski definition) is 1. The lowest BCUT2D eigenvalue weighted by Gasteiger charge is -2.32. The molecule has 0 saturated carbocycles. The normalized spacial score (nSPS) is 16.6. The van der Waals surface area contributed by atoms with E-state index in [-0.39, 0.29) is 23.9 Å². The first kappa shape index (κ1) is 18.2. The first-order chi connectivity index (χ1) is 12.9. The minimum atomic E-state index is -1.03. The first-order valence-electron chi connectivity index (χ1n) is 7.96. The van der Waals surface area contributed by atoms with Gasteiger partial charge in [0.2, 0.25) is 5.91 Å². The predicted molar refractivity (Wildman–Crippen MR) is 104 cm³/mol. The summed E-state index contributed by atoms with van der Waals surface area (Å²) in [4.78, 5) is 30.8. The largest absolute Gasteiger partial charge is 0.481 e. The van der Waals surface area contributed by atoms with Crippen molar-refractivity contribution in [3.63, 3.8) is 0 Å². The molecule has 2 aromatic carbocycles. The fraction of sp³-hybridized carbons (Fsp3) is 0.167. The molecule has 1 aliphatic heterocycles. The van der Waals surface area contributed by atoms with Crippen molar-refractivity contribution in [3.8, 4) is 0 Å². The van der Waals surface area contributed by atoms with Crippen LogP contribution >= 0.6 is 34.7 Å². The summed E-state index contributed by atoms with van der Waals surface area (Å²) in [7, 11) is 0. The molecule has 27 heavy (non-hydrogen) atoms. The van der Waals surface area contributed by atoms with Gasteiger partial charge in [-0.1, -0.05) is 23.7 Å². The van der Waals surface area contributed by atoms with Gasteiger partial charge in [-0.25, -0.2) is 9.37 Å². The number of anilines is 1. The number of thiazole rings is 1. The van der Waals surface area contributed by atoms with Gasteiger partial charge < -0.3 is 10.0 Å². The van der Waals surface area contributed by atoms with Crippen LogP contribution in [0.2, 0.25) is 5.02 Å². The van der Waals surface area contributed by atoms with E-state index in [4.69, 9.17) is 16.7 Å². The third-order valence-electron chi connectivity index (χ3n) is 4.11. The van der Waals surface area contributed by atoms with Crippen LogP contribution in [0.3, 0.4) is 0 Å². The number of aliphatic carboxylic acids is 1. The topological polar surface area (TPSA) is 70.5 Å². The monoisotopic (exact) mass is 422 g/mol. The van der Waals surface area contributed by atoms with Gasteiger partial charge in [-0.15, -0.1) is 23.1 Å². The van der Waals surface area contributed by atoms with E-state index in [1.165, 1.54) is 22.7 Å². The van der Waals surface area contributed by atoms with Gasteiger partial charge in [0, 0.05) is 4.90 Å². The van der Waals surface area contributed by atoms with Crippen molar-refractivity contribution in [2.75, 3.05) is 4.90 Å². The van der Waals surface area contributed by atoms with E-state index in [1.807, 2.05) is 24.3 Å². The van der Waals surface area contributed by atoms with Crippen LogP contribution < -0.4 is 4.90 Å². The molecule has 1 amide bonds. The van der Waals surface area contributed by atoms with Crippen LogP contribution in [0.25, 0.3) is 10.2 Å². The molecule has 1 unspecified atom stereocenters. The minimum Gasteiger partial charge on any atom is -0.481 e. The molecule has 1 N–H and O–H groups in total. The number of aromatic nitrogens is 1. The Labute approximate surface area is 166 Å². The molecule has 0 aliphatic carbocycles. The highest BCUT2D eigenvalue weighted by atomic mass is 35.5. The smallest absolute Gasteiger partial charge is 0.305 e. The Bertz CT molecular complexity index is 1070. The molecule has 0 bridgehead atoms. The second-order valence-electron chi connectivity index (χ2n) is 5.91. The molecular weight excluding hydrogens is 411 g/mol. The molecule has 1 atom stereocenters. The maximum Gasteiger partial charge on any atom is 0.305 e. The quantitative estimate of drug-likeness (QED) is 0.666. The number of benzene rings is 2. The second kappa shape index (κ2) is 7.10. The van der Waals surface area contributed by atoms with E-state index < -0.39 is 17.0 Å². The van der Waals surface area contributed by atoms with Crippen LogP contribution in [0.15, 0.2) is 41.3 Å². The number of hydrogen-bond acceptors (Lipinski definition) is 5. The number of carbonyl (C=O) groups is 2. The van der Waals surface area contributed by atoms with Gasteiger partial charge in [0.15, 0.2) is 5.82 Å². The standard InChI is InChI=1S/C18H12ClFN2O3S2/c19-9-5-6-10-17(16(9)20)27-14(21-10)8-22-11-3-1-2-4-12(11)26-13(18(22)25)7-15(23)24/h1-6,13H,7-8H2,(H,23,24). The van der Waals surface area contributed by atoms with E-state index in [2.05, 4.69) is 4.98 Å². The molecule has 0 spiro atoms. The number of para-hydroxylation sites is 1. The summed E-state index contributed by atoms with van der Waals surface area (Å²) in [5, 5.41) is 8.97. The van der Waals surface area contributed by atoms with Crippen molar-refractivity contribution >= 4 is 62.5 Å². The Balaban J connectivity index is 1.72. The molecule has 0 saturated heterocycles. The zero-order valence-corrected chi connectivity index (χ0v) is 16.1. The lowest BCUT2D eigenvalue weighted by Crippen LogP contribution is -2.41.